The van der Waals surface area contributed by atoms with Crippen LogP contribution < -0.4 is 5.32 Å². The Balaban J connectivity index is 2.50. The lowest BCUT2D eigenvalue weighted by Crippen LogP contribution is -2.25. The van der Waals surface area contributed by atoms with E-state index in [9.17, 15) is 0 Å². The van der Waals surface area contributed by atoms with Crippen LogP contribution in [0.3, 0.4) is 0 Å². The van der Waals surface area contributed by atoms with Crippen molar-refractivity contribution < 1.29 is 0 Å². The molecule has 0 aliphatic carbocycles. The van der Waals surface area contributed by atoms with Crippen LogP contribution in [-0.2, 0) is 0 Å². The van der Waals surface area contributed by atoms with Crippen LogP contribution in [0.4, 0.5) is 5.95 Å². The Morgan fingerprint density at radius 2 is 1.95 bits per heavy atom. The molecule has 0 amide bonds. The first-order valence-corrected chi connectivity index (χ1v) is 8.12. The third-order valence-corrected chi connectivity index (χ3v) is 3.81. The molecule has 0 bridgehead atoms. The molecule has 4 nitrogen and oxygen atoms in total. The number of anilines is 1. The van der Waals surface area contributed by atoms with Gasteiger partial charge in [0.15, 0.2) is 0 Å². The van der Waals surface area contributed by atoms with E-state index in [2.05, 4.69) is 47.0 Å². The van der Waals surface area contributed by atoms with E-state index in [0.29, 0.717) is 0 Å². The van der Waals surface area contributed by atoms with Crippen LogP contribution in [-0.4, -0.2) is 46.8 Å². The lowest BCUT2D eigenvalue weighted by Gasteiger charge is -2.17. The highest BCUT2D eigenvalue weighted by Gasteiger charge is 2.04. The normalized spacial score (nSPS) is 11.0. The average Bonchev–Trinajstić information content (AvgIpc) is 2.41. The molecule has 1 aromatic heterocycles. The van der Waals surface area contributed by atoms with Crippen LogP contribution in [0.2, 0.25) is 0 Å². The molecule has 1 aromatic rings. The van der Waals surface area contributed by atoms with Crippen molar-refractivity contribution >= 4 is 17.7 Å². The van der Waals surface area contributed by atoms with Crippen LogP contribution in [0.25, 0.3) is 0 Å². The molecule has 108 valence electrons. The van der Waals surface area contributed by atoms with Gasteiger partial charge in [0.2, 0.25) is 5.95 Å². The Morgan fingerprint density at radius 1 is 1.21 bits per heavy atom. The van der Waals surface area contributed by atoms with Crippen molar-refractivity contribution in [2.24, 2.45) is 0 Å². The highest BCUT2D eigenvalue weighted by atomic mass is 32.2. The summed E-state index contributed by atoms with van der Waals surface area (Å²) in [4.78, 5) is 11.4. The number of thioether (sulfide) groups is 1. The Morgan fingerprint density at radius 3 is 2.58 bits per heavy atom. The number of rotatable bonds is 9. The third kappa shape index (κ3) is 6.25. The van der Waals surface area contributed by atoms with E-state index in [1.807, 2.05) is 18.7 Å². The number of aryl methyl sites for hydroxylation is 1. The number of aromatic nitrogens is 2. The lowest BCUT2D eigenvalue weighted by atomic mass is 10.4. The van der Waals surface area contributed by atoms with Gasteiger partial charge in [-0.2, -0.15) is 0 Å². The largest absolute Gasteiger partial charge is 0.354 e. The first-order valence-electron chi connectivity index (χ1n) is 7.14. The molecule has 0 atom stereocenters. The Kier molecular flexibility index (Phi) is 7.82. The van der Waals surface area contributed by atoms with E-state index >= 15 is 0 Å². The van der Waals surface area contributed by atoms with Crippen molar-refractivity contribution in [3.63, 3.8) is 0 Å². The predicted octanol–water partition coefficient (Wildman–Crippen LogP) is 3.04. The molecule has 0 aromatic carbocycles. The molecule has 1 heterocycles. The standard InChI is InChI=1S/C14H26N4S/c1-5-8-15-14-16-12(4)11-13(17-14)19-10-9-18(6-2)7-3/h11H,5-10H2,1-4H3,(H,15,16,17). The number of hydrogen-bond acceptors (Lipinski definition) is 5. The summed E-state index contributed by atoms with van der Waals surface area (Å²) >= 11 is 1.81. The molecular weight excluding hydrogens is 256 g/mol. The van der Waals surface area contributed by atoms with E-state index in [4.69, 9.17) is 0 Å². The van der Waals surface area contributed by atoms with Crippen LogP contribution in [0, 0.1) is 6.92 Å². The molecule has 1 rings (SSSR count). The summed E-state index contributed by atoms with van der Waals surface area (Å²) in [7, 11) is 0. The first kappa shape index (κ1) is 16.2. The first-order chi connectivity index (χ1) is 9.19. The van der Waals surface area contributed by atoms with E-state index in [0.717, 1.165) is 55.0 Å². The van der Waals surface area contributed by atoms with E-state index in [1.165, 1.54) is 0 Å². The second kappa shape index (κ2) is 9.15. The van der Waals surface area contributed by atoms with Crippen LogP contribution >= 0.6 is 11.8 Å². The predicted molar refractivity (Wildman–Crippen MR) is 84.1 cm³/mol. The smallest absolute Gasteiger partial charge is 0.223 e. The van der Waals surface area contributed by atoms with Gasteiger partial charge >= 0.3 is 0 Å². The van der Waals surface area contributed by atoms with Gasteiger partial charge in [0.1, 0.15) is 5.03 Å². The molecule has 0 unspecified atom stereocenters. The monoisotopic (exact) mass is 282 g/mol. The van der Waals surface area contributed by atoms with Crippen LogP contribution in [0.1, 0.15) is 32.9 Å². The molecule has 19 heavy (non-hydrogen) atoms. The van der Waals surface area contributed by atoms with E-state index in [-0.39, 0.29) is 0 Å². The molecule has 0 aliphatic heterocycles. The fourth-order valence-corrected chi connectivity index (χ4v) is 2.71. The van der Waals surface area contributed by atoms with Gasteiger partial charge in [0.25, 0.3) is 0 Å². The quantitative estimate of drug-likeness (QED) is 0.557. The minimum atomic E-state index is 0.757. The second-order valence-electron chi connectivity index (χ2n) is 4.47. The van der Waals surface area contributed by atoms with Crippen molar-refractivity contribution in [3.05, 3.63) is 11.8 Å². The maximum absolute atomic E-state index is 4.54. The van der Waals surface area contributed by atoms with Gasteiger partial charge in [-0.1, -0.05) is 20.8 Å². The van der Waals surface area contributed by atoms with Gasteiger partial charge in [-0.15, -0.1) is 11.8 Å². The molecule has 0 spiro atoms. The summed E-state index contributed by atoms with van der Waals surface area (Å²) in [6, 6.07) is 2.06. The summed E-state index contributed by atoms with van der Waals surface area (Å²) in [6.45, 7) is 12.8. The van der Waals surface area contributed by atoms with Crippen molar-refractivity contribution in [2.75, 3.05) is 37.2 Å². The van der Waals surface area contributed by atoms with E-state index in [1.54, 1.807) is 0 Å². The fourth-order valence-electron chi connectivity index (χ4n) is 1.75. The zero-order chi connectivity index (χ0) is 14.1. The molecule has 5 heteroatoms. The number of nitrogens with zero attached hydrogens (tertiary/aromatic N) is 3. The molecular formula is C14H26N4S. The second-order valence-corrected chi connectivity index (χ2v) is 5.59. The minimum Gasteiger partial charge on any atom is -0.354 e. The number of nitrogens with one attached hydrogen (secondary N) is 1. The molecule has 0 saturated carbocycles. The maximum Gasteiger partial charge on any atom is 0.223 e. The number of hydrogen-bond donors (Lipinski definition) is 1. The molecule has 1 N–H and O–H groups in total. The Hall–Kier alpha value is -0.810. The fraction of sp³-hybridized carbons (Fsp3) is 0.714. The lowest BCUT2D eigenvalue weighted by molar-refractivity contribution is 0.324. The van der Waals surface area contributed by atoms with Crippen molar-refractivity contribution in [2.45, 2.75) is 39.1 Å². The molecule has 0 saturated heterocycles. The minimum absolute atomic E-state index is 0.757. The summed E-state index contributed by atoms with van der Waals surface area (Å²) in [5.41, 5.74) is 1.03. The summed E-state index contributed by atoms with van der Waals surface area (Å²) in [6.07, 6.45) is 1.09. The van der Waals surface area contributed by atoms with Crippen molar-refractivity contribution in [1.82, 2.24) is 14.9 Å². The van der Waals surface area contributed by atoms with Crippen molar-refractivity contribution in [3.8, 4) is 0 Å². The summed E-state index contributed by atoms with van der Waals surface area (Å²) in [5, 5.41) is 4.32. The molecule has 0 fully saturated rings. The zero-order valence-electron chi connectivity index (χ0n) is 12.6. The van der Waals surface area contributed by atoms with Gasteiger partial charge in [-0.25, -0.2) is 9.97 Å². The van der Waals surface area contributed by atoms with Gasteiger partial charge in [-0.3, -0.25) is 0 Å². The van der Waals surface area contributed by atoms with Crippen LogP contribution in [0.15, 0.2) is 11.1 Å². The molecule has 0 radical (unpaired) electrons. The third-order valence-electron chi connectivity index (χ3n) is 2.92. The zero-order valence-corrected chi connectivity index (χ0v) is 13.4. The van der Waals surface area contributed by atoms with E-state index < -0.39 is 0 Å². The highest BCUT2D eigenvalue weighted by molar-refractivity contribution is 7.99. The SMILES string of the molecule is CCCNc1nc(C)cc(SCCN(CC)CC)n1. The Labute approximate surface area is 121 Å². The van der Waals surface area contributed by atoms with Gasteiger partial charge in [-0.05, 0) is 32.5 Å². The van der Waals surface area contributed by atoms with Gasteiger partial charge in [0.05, 0.1) is 0 Å². The summed E-state index contributed by atoms with van der Waals surface area (Å²) < 4.78 is 0. The van der Waals surface area contributed by atoms with Gasteiger partial charge in [0, 0.05) is 24.5 Å². The van der Waals surface area contributed by atoms with Crippen LogP contribution in [0.5, 0.6) is 0 Å². The van der Waals surface area contributed by atoms with Crippen molar-refractivity contribution in [1.29, 1.82) is 0 Å². The van der Waals surface area contributed by atoms with Gasteiger partial charge < -0.3 is 10.2 Å². The summed E-state index contributed by atoms with van der Waals surface area (Å²) in [5.74, 6) is 1.83. The Bertz CT molecular complexity index is 366. The average molecular weight is 282 g/mol. The maximum atomic E-state index is 4.54. The molecule has 0 aliphatic rings. The highest BCUT2D eigenvalue weighted by Crippen LogP contribution is 2.17. The topological polar surface area (TPSA) is 41.1 Å².